The summed E-state index contributed by atoms with van der Waals surface area (Å²) in [5.41, 5.74) is 3.09. The lowest BCUT2D eigenvalue weighted by atomic mass is 10.0. The van der Waals surface area contributed by atoms with E-state index in [1.165, 1.54) is 5.69 Å². The molecule has 0 unspecified atom stereocenters. The van der Waals surface area contributed by atoms with Crippen LogP contribution in [0.4, 0.5) is 0 Å². The van der Waals surface area contributed by atoms with Crippen molar-refractivity contribution >= 4 is 23.2 Å². The lowest BCUT2D eigenvalue weighted by Crippen LogP contribution is -2.38. The summed E-state index contributed by atoms with van der Waals surface area (Å²) >= 11 is 6.04. The molecule has 1 fully saturated rings. The van der Waals surface area contributed by atoms with Crippen molar-refractivity contribution in [3.05, 3.63) is 83.0 Å². The van der Waals surface area contributed by atoms with Crippen molar-refractivity contribution < 1.29 is 9.21 Å². The highest BCUT2D eigenvalue weighted by atomic mass is 35.5. The fraction of sp³-hybridized carbons (Fsp3) is 0.333. The molecule has 0 N–H and O–H groups in total. The Bertz CT molecular complexity index is 1090. The highest BCUT2D eigenvalue weighted by Crippen LogP contribution is 2.35. The number of furan rings is 1. The van der Waals surface area contributed by atoms with Gasteiger partial charge in [-0.15, -0.1) is 0 Å². The van der Waals surface area contributed by atoms with E-state index >= 15 is 0 Å². The van der Waals surface area contributed by atoms with Gasteiger partial charge in [0, 0.05) is 30.4 Å². The van der Waals surface area contributed by atoms with Crippen LogP contribution in [0.1, 0.15) is 48.4 Å². The molecule has 0 saturated carbocycles. The number of hydrogen-bond donors (Lipinski definition) is 0. The Morgan fingerprint density at radius 2 is 2.00 bits per heavy atom. The average molecular weight is 437 g/mol. The van der Waals surface area contributed by atoms with Gasteiger partial charge in [0.2, 0.25) is 0 Å². The summed E-state index contributed by atoms with van der Waals surface area (Å²) in [7, 11) is 2.06. The monoisotopic (exact) mass is 436 g/mol. The highest BCUT2D eigenvalue weighted by molar-refractivity contribution is 6.30. The van der Waals surface area contributed by atoms with Gasteiger partial charge in [-0.05, 0) is 61.3 Å². The molecule has 0 bridgehead atoms. The van der Waals surface area contributed by atoms with Crippen LogP contribution >= 0.6 is 11.6 Å². The van der Waals surface area contributed by atoms with Crippen LogP contribution in [0.3, 0.4) is 0 Å². The van der Waals surface area contributed by atoms with Gasteiger partial charge in [0.15, 0.2) is 0 Å². The molecule has 5 rings (SSSR count). The molecule has 0 spiro atoms. The van der Waals surface area contributed by atoms with Crippen LogP contribution in [-0.2, 0) is 11.8 Å². The van der Waals surface area contributed by atoms with Gasteiger partial charge in [0.1, 0.15) is 11.8 Å². The van der Waals surface area contributed by atoms with Crippen LogP contribution in [0.5, 0.6) is 0 Å². The predicted octanol–water partition coefficient (Wildman–Crippen LogP) is 4.79. The quantitative estimate of drug-likeness (QED) is 0.578. The third-order valence-electron chi connectivity index (χ3n) is 6.24. The van der Waals surface area contributed by atoms with Gasteiger partial charge in [-0.3, -0.25) is 9.69 Å². The number of likely N-dealkylation sites (tertiary alicyclic amines) is 1. The number of hydrazone groups is 1. The van der Waals surface area contributed by atoms with Gasteiger partial charge < -0.3 is 8.98 Å². The Labute approximate surface area is 186 Å². The van der Waals surface area contributed by atoms with Crippen molar-refractivity contribution in [1.82, 2.24) is 14.5 Å². The van der Waals surface area contributed by atoms with Gasteiger partial charge >= 0.3 is 0 Å². The predicted molar refractivity (Wildman–Crippen MR) is 120 cm³/mol. The first-order valence-corrected chi connectivity index (χ1v) is 11.0. The Kier molecular flexibility index (Phi) is 5.42. The van der Waals surface area contributed by atoms with Crippen molar-refractivity contribution in [3.8, 4) is 0 Å². The third kappa shape index (κ3) is 3.93. The normalized spacial score (nSPS) is 21.6. The minimum Gasteiger partial charge on any atom is -0.467 e. The summed E-state index contributed by atoms with van der Waals surface area (Å²) in [6, 6.07) is 15.6. The Balaban J connectivity index is 1.39. The fourth-order valence-corrected chi connectivity index (χ4v) is 4.80. The first-order chi connectivity index (χ1) is 15.1. The summed E-state index contributed by atoms with van der Waals surface area (Å²) in [5, 5.41) is 7.03. The molecule has 0 radical (unpaired) electrons. The maximum absolute atomic E-state index is 13.4. The molecule has 1 saturated heterocycles. The number of rotatable bonds is 5. The van der Waals surface area contributed by atoms with E-state index in [1.807, 2.05) is 36.4 Å². The van der Waals surface area contributed by atoms with E-state index in [0.29, 0.717) is 18.0 Å². The van der Waals surface area contributed by atoms with Gasteiger partial charge in [0.25, 0.3) is 5.91 Å². The van der Waals surface area contributed by atoms with Gasteiger partial charge in [-0.25, -0.2) is 5.01 Å². The van der Waals surface area contributed by atoms with Crippen molar-refractivity contribution in [2.75, 3.05) is 13.1 Å². The van der Waals surface area contributed by atoms with E-state index in [2.05, 4.69) is 34.8 Å². The van der Waals surface area contributed by atoms with Crippen molar-refractivity contribution in [2.24, 2.45) is 12.1 Å². The number of halogens is 1. The molecule has 1 amide bonds. The van der Waals surface area contributed by atoms with E-state index in [4.69, 9.17) is 21.1 Å². The zero-order valence-corrected chi connectivity index (χ0v) is 18.2. The van der Waals surface area contributed by atoms with Crippen LogP contribution in [0, 0.1) is 0 Å². The Morgan fingerprint density at radius 3 is 2.71 bits per heavy atom. The molecular formula is C24H25ClN4O2. The first-order valence-electron chi connectivity index (χ1n) is 10.6. The molecule has 2 aliphatic heterocycles. The van der Waals surface area contributed by atoms with Crippen LogP contribution in [-0.4, -0.2) is 39.2 Å². The Morgan fingerprint density at radius 1 is 1.16 bits per heavy atom. The van der Waals surface area contributed by atoms with E-state index in [9.17, 15) is 4.79 Å². The maximum atomic E-state index is 13.4. The van der Waals surface area contributed by atoms with Crippen molar-refractivity contribution in [1.29, 1.82) is 0 Å². The Hall–Kier alpha value is -2.83. The SMILES string of the molecule is Cn1cccc1[C@@H]1CCCN1CC(=O)N1N=C(c2ccc(Cl)cc2)C[C@H]1c1ccco1. The lowest BCUT2D eigenvalue weighted by molar-refractivity contribution is -0.134. The topological polar surface area (TPSA) is 54.0 Å². The van der Waals surface area contributed by atoms with Gasteiger partial charge in [-0.1, -0.05) is 23.7 Å². The smallest absolute Gasteiger partial charge is 0.257 e. The van der Waals surface area contributed by atoms with E-state index in [-0.39, 0.29) is 18.0 Å². The highest BCUT2D eigenvalue weighted by Gasteiger charge is 2.37. The third-order valence-corrected chi connectivity index (χ3v) is 6.49. The van der Waals surface area contributed by atoms with Crippen molar-refractivity contribution in [3.63, 3.8) is 0 Å². The zero-order chi connectivity index (χ0) is 21.4. The average Bonchev–Trinajstić information content (AvgIpc) is 3.55. The molecule has 3 aromatic rings. The van der Waals surface area contributed by atoms with Gasteiger partial charge in [0.05, 0.1) is 24.6 Å². The van der Waals surface area contributed by atoms with Crippen LogP contribution in [0.25, 0.3) is 0 Å². The second-order valence-electron chi connectivity index (χ2n) is 8.20. The summed E-state index contributed by atoms with van der Waals surface area (Å²) in [4.78, 5) is 15.7. The maximum Gasteiger partial charge on any atom is 0.257 e. The summed E-state index contributed by atoms with van der Waals surface area (Å²) in [5.74, 6) is 0.743. The molecule has 7 heteroatoms. The fourth-order valence-electron chi connectivity index (χ4n) is 4.68. The number of hydrogen-bond acceptors (Lipinski definition) is 4. The number of aryl methyl sites for hydroxylation is 1. The summed E-state index contributed by atoms with van der Waals surface area (Å²) < 4.78 is 7.81. The lowest BCUT2D eigenvalue weighted by Gasteiger charge is -2.27. The molecule has 2 aliphatic rings. The second-order valence-corrected chi connectivity index (χ2v) is 8.64. The number of carbonyl (C=O) groups excluding carboxylic acids is 1. The molecule has 4 heterocycles. The molecule has 2 atom stereocenters. The second kappa shape index (κ2) is 8.36. The van der Waals surface area contributed by atoms with Crippen LogP contribution in [0.15, 0.2) is 70.5 Å². The number of benzene rings is 1. The zero-order valence-electron chi connectivity index (χ0n) is 17.4. The first kappa shape index (κ1) is 20.1. The summed E-state index contributed by atoms with van der Waals surface area (Å²) in [6.07, 6.45) is 6.46. The molecule has 1 aromatic carbocycles. The van der Waals surface area contributed by atoms with E-state index < -0.39 is 0 Å². The molecular weight excluding hydrogens is 412 g/mol. The summed E-state index contributed by atoms with van der Waals surface area (Å²) in [6.45, 7) is 1.25. The van der Waals surface area contributed by atoms with E-state index in [1.54, 1.807) is 11.3 Å². The minimum atomic E-state index is -0.232. The van der Waals surface area contributed by atoms with Crippen molar-refractivity contribution in [2.45, 2.75) is 31.3 Å². The van der Waals surface area contributed by atoms with Crippen LogP contribution in [0.2, 0.25) is 5.02 Å². The standard InChI is InChI=1S/C24H25ClN4O2/c1-27-12-2-5-20(27)21-6-3-13-28(21)16-24(30)29-22(23-7-4-14-31-23)15-19(26-29)17-8-10-18(25)11-9-17/h2,4-5,7-12,14,21-22H,3,6,13,15-16H2,1H3/t21-,22-/m0/s1. The van der Waals surface area contributed by atoms with Crippen LogP contribution < -0.4 is 0 Å². The molecule has 0 aliphatic carbocycles. The number of aromatic nitrogens is 1. The molecule has 2 aromatic heterocycles. The number of carbonyl (C=O) groups is 1. The molecule has 31 heavy (non-hydrogen) atoms. The molecule has 6 nitrogen and oxygen atoms in total. The number of amides is 1. The minimum absolute atomic E-state index is 0.00790. The number of nitrogens with zero attached hydrogens (tertiary/aromatic N) is 4. The van der Waals surface area contributed by atoms with Gasteiger partial charge in [-0.2, -0.15) is 5.10 Å². The van der Waals surface area contributed by atoms with E-state index in [0.717, 1.165) is 36.4 Å². The largest absolute Gasteiger partial charge is 0.467 e. The molecule has 160 valence electrons.